The van der Waals surface area contributed by atoms with Crippen molar-refractivity contribution in [2.24, 2.45) is 28.5 Å². The number of rotatable bonds is 51. The second-order valence-electron chi connectivity index (χ2n) is 31.9. The van der Waals surface area contributed by atoms with E-state index in [4.69, 9.17) is 43.6 Å². The molecule has 0 aliphatic carbocycles. The molecule has 0 radical (unpaired) electrons. The Labute approximate surface area is 680 Å². The number of methoxy groups -OCH3 is 1. The van der Waals surface area contributed by atoms with Crippen LogP contribution < -0.4 is 74.9 Å². The Bertz CT molecular complexity index is 3360. The minimum atomic E-state index is -1.70. The van der Waals surface area contributed by atoms with Crippen molar-refractivity contribution in [1.29, 1.82) is 0 Å². The zero-order valence-corrected chi connectivity index (χ0v) is 71.3. The third kappa shape index (κ3) is 48.5. The molecule has 658 valence electrons. The third-order valence-electron chi connectivity index (χ3n) is 15.6. The minimum Gasteiger partial charge on any atom is -0.469 e. The molecule has 116 heavy (non-hydrogen) atoms. The Balaban J connectivity index is 3.22. The van der Waals surface area contributed by atoms with Crippen molar-refractivity contribution in [3.63, 3.8) is 0 Å². The predicted octanol–water partition coefficient (Wildman–Crippen LogP) is 2.25. The Morgan fingerprint density at radius 1 is 0.457 bits per heavy atom. The van der Waals surface area contributed by atoms with Crippen LogP contribution >= 0.6 is 0 Å². The largest absolute Gasteiger partial charge is 0.469 e. The second kappa shape index (κ2) is 53.4. The van der Waals surface area contributed by atoms with E-state index in [1.54, 1.807) is 96.9 Å². The molecule has 0 saturated carbocycles. The van der Waals surface area contributed by atoms with E-state index in [-0.39, 0.29) is 119 Å². The topological polar surface area (TPSA) is 534 Å². The first kappa shape index (κ1) is 104. The van der Waals surface area contributed by atoms with Crippen molar-refractivity contribution in [2.45, 2.75) is 248 Å². The quantitative estimate of drug-likeness (QED) is 0.0146. The zero-order chi connectivity index (χ0) is 88.1. The van der Waals surface area contributed by atoms with Gasteiger partial charge in [0.2, 0.25) is 59.1 Å². The van der Waals surface area contributed by atoms with Crippen LogP contribution in [0.15, 0.2) is 29.3 Å². The van der Waals surface area contributed by atoms with E-state index >= 15 is 0 Å². The summed E-state index contributed by atoms with van der Waals surface area (Å²) in [6.07, 6.45) is -2.39. The monoisotopic (exact) mass is 1650 g/mol. The van der Waals surface area contributed by atoms with Gasteiger partial charge in [0.15, 0.2) is 0 Å². The molecule has 0 aliphatic rings. The lowest BCUT2D eigenvalue weighted by Crippen LogP contribution is -2.63. The van der Waals surface area contributed by atoms with E-state index in [0.29, 0.717) is 39.6 Å². The van der Waals surface area contributed by atoms with Gasteiger partial charge in [-0.1, -0.05) is 54.5 Å². The van der Waals surface area contributed by atoms with Crippen LogP contribution in [0.25, 0.3) is 0 Å². The maximum absolute atomic E-state index is 14.4. The van der Waals surface area contributed by atoms with Crippen molar-refractivity contribution in [3.8, 4) is 0 Å². The Morgan fingerprint density at radius 2 is 0.905 bits per heavy atom. The summed E-state index contributed by atoms with van der Waals surface area (Å²) in [5, 5.41) is 33.2. The number of hydrogen-bond acceptors (Lipinski definition) is 25. The summed E-state index contributed by atoms with van der Waals surface area (Å²) in [6, 6.07) is -4.91. The number of guanidine groups is 1. The molecule has 39 heteroatoms. The number of alkyl carbamates (subject to hydrolysis) is 2. The number of aliphatic imine (C=N–C) groups is 1. The number of hydrogen-bond donors (Lipinski definition) is 14. The molecule has 1 aromatic carbocycles. The Kier molecular flexibility index (Phi) is 47.9. The lowest BCUT2D eigenvalue weighted by atomic mass is 9.98. The first-order valence-corrected chi connectivity index (χ1v) is 38.9. The highest BCUT2D eigenvalue weighted by atomic mass is 16.6. The third-order valence-corrected chi connectivity index (χ3v) is 15.6. The van der Waals surface area contributed by atoms with Gasteiger partial charge in [-0.3, -0.25) is 68.2 Å². The molecule has 0 aromatic heterocycles. The van der Waals surface area contributed by atoms with Gasteiger partial charge in [0, 0.05) is 18.7 Å². The predicted molar refractivity (Wildman–Crippen MR) is 426 cm³/mol. The average Bonchev–Trinajstić information content (AvgIpc) is 0.840. The molecule has 0 saturated heterocycles. The Hall–Kier alpha value is -9.86. The van der Waals surface area contributed by atoms with E-state index in [0.717, 1.165) is 0 Å². The van der Waals surface area contributed by atoms with Crippen LogP contribution in [0.2, 0.25) is 0 Å². The highest BCUT2D eigenvalue weighted by Crippen LogP contribution is 2.18. The van der Waals surface area contributed by atoms with Crippen molar-refractivity contribution in [2.75, 3.05) is 92.8 Å². The fourth-order valence-corrected chi connectivity index (χ4v) is 10.1. The lowest BCUT2D eigenvalue weighted by Gasteiger charge is -2.31. The molecular weight excluding hydrogens is 1520 g/mol. The number of carbonyl (C=O) groups is 15. The number of urea groups is 1. The van der Waals surface area contributed by atoms with Gasteiger partial charge in [0.05, 0.1) is 98.3 Å². The SMILES string of the molecule is CC[C@H](NC(=O)[C@H](C)NC(=O)[C@H](CC(C)C)NC(=O)[C@H](CC(=O)OC(C)(C)C)NC(=O)CNC(=O)c1cccc(N=C(NC(=O)OC(C)(C)C)NC(=O)OC(C)(C)C)c1)C(=O)N[C@@H](CC(C)C)C(=O)N[C@@H](CCCNC(N)=O)C(=O)NC(C)(C)C(=O)N[C@@H](CC(C)C)C(=O)NCCOCCOCCOCCOCCOCCC(=O)OC. The minimum absolute atomic E-state index is 0.0177. The summed E-state index contributed by atoms with van der Waals surface area (Å²) in [6.45, 7) is 33.1. The van der Waals surface area contributed by atoms with E-state index in [1.165, 1.54) is 52.1 Å². The van der Waals surface area contributed by atoms with Crippen LogP contribution in [-0.4, -0.2) is 253 Å². The highest BCUT2D eigenvalue weighted by molar-refractivity contribution is 6.04. The van der Waals surface area contributed by atoms with E-state index in [9.17, 15) is 71.9 Å². The number of benzene rings is 1. The molecular formula is C77H131N15O24. The molecule has 0 heterocycles. The van der Waals surface area contributed by atoms with Crippen LogP contribution in [0.4, 0.5) is 20.1 Å². The van der Waals surface area contributed by atoms with Crippen LogP contribution in [0.5, 0.6) is 0 Å². The van der Waals surface area contributed by atoms with Crippen LogP contribution in [-0.2, 0) is 95.4 Å². The summed E-state index contributed by atoms with van der Waals surface area (Å²) >= 11 is 0. The highest BCUT2D eigenvalue weighted by Gasteiger charge is 2.38. The number of nitrogens with two attached hydrogens (primary N) is 1. The van der Waals surface area contributed by atoms with Crippen LogP contribution in [0, 0.1) is 17.8 Å². The molecule has 1 rings (SSSR count). The van der Waals surface area contributed by atoms with E-state index in [1.807, 2.05) is 13.8 Å². The maximum atomic E-state index is 14.4. The maximum Gasteiger partial charge on any atom is 0.414 e. The molecule has 1 aromatic rings. The molecule has 39 nitrogen and oxygen atoms in total. The number of nitrogens with one attached hydrogen (secondary N) is 13. The number of esters is 2. The summed E-state index contributed by atoms with van der Waals surface area (Å²) in [5.74, 6) is -10.6. The second-order valence-corrected chi connectivity index (χ2v) is 31.9. The molecule has 0 fully saturated rings. The first-order chi connectivity index (χ1) is 54.0. The molecule has 7 atom stereocenters. The van der Waals surface area contributed by atoms with Crippen molar-refractivity contribution in [1.82, 2.24) is 69.1 Å². The van der Waals surface area contributed by atoms with Crippen molar-refractivity contribution < 1.29 is 115 Å². The average molecular weight is 1650 g/mol. The number of nitrogens with zero attached hydrogens (tertiary/aromatic N) is 1. The molecule has 0 spiro atoms. The summed E-state index contributed by atoms with van der Waals surface area (Å²) < 4.78 is 47.9. The normalized spacial score (nSPS) is 13.4. The standard InChI is InChI=1S/C77H131N15O24/c1-21-52(64(99)87-56(42-48(6)7)66(101)86-53(26-23-28-80-70(78)105)68(103)92-77(18,19)69(104)89-54(40-46(2)3)63(98)79-29-31-110-33-35-112-37-39-113-38-36-111-34-32-109-30-27-59(94)108-20)85-61(96)49(8)82-65(100)55(41-47(4)5)88-67(102)57(44-60(95)114-74(9,10)11)84-58(93)45-81-62(97)50-24-22-25-51(43-50)83-71(90-72(106)115-75(12,13)14)91-73(107)116-76(15,16)17/h22,24-25,43,46-49,52-57H,21,23,26-42,44-45H2,1-20H3,(H,79,98)(H,81,97)(H,82,100)(H,84,93)(H,85,96)(H,86,101)(H,87,99)(H,88,102)(H,89,104)(H,92,103)(H3,78,80,105)(H2,83,90,91,106,107)/t49-,52-,53-,54-,55-,56-,57-/m0/s1. The molecule has 14 amide bonds. The summed E-state index contributed by atoms with van der Waals surface area (Å²) in [7, 11) is 1.31. The van der Waals surface area contributed by atoms with Gasteiger partial charge in [-0.15, -0.1) is 0 Å². The van der Waals surface area contributed by atoms with Crippen LogP contribution in [0.1, 0.15) is 193 Å². The summed E-state index contributed by atoms with van der Waals surface area (Å²) in [5.41, 5.74) is 0.675. The van der Waals surface area contributed by atoms with Gasteiger partial charge < -0.3 is 107 Å². The van der Waals surface area contributed by atoms with Crippen LogP contribution in [0.3, 0.4) is 0 Å². The van der Waals surface area contributed by atoms with Gasteiger partial charge in [0.25, 0.3) is 5.91 Å². The first-order valence-electron chi connectivity index (χ1n) is 38.9. The number of primary amides is 1. The fourth-order valence-electron chi connectivity index (χ4n) is 10.1. The fraction of sp³-hybridized carbons (Fsp3) is 0.714. The van der Waals surface area contributed by atoms with E-state index in [2.05, 4.69) is 78.8 Å². The van der Waals surface area contributed by atoms with Gasteiger partial charge in [0.1, 0.15) is 64.6 Å². The number of amides is 14. The van der Waals surface area contributed by atoms with Gasteiger partial charge in [-0.25, -0.2) is 19.4 Å². The molecule has 0 bridgehead atoms. The molecule has 0 unspecified atom stereocenters. The smallest absolute Gasteiger partial charge is 0.414 e. The van der Waals surface area contributed by atoms with Gasteiger partial charge >= 0.3 is 30.2 Å². The molecule has 0 aliphatic heterocycles. The van der Waals surface area contributed by atoms with Crippen molar-refractivity contribution in [3.05, 3.63) is 29.8 Å². The van der Waals surface area contributed by atoms with Crippen molar-refractivity contribution >= 4 is 101 Å². The number of ether oxygens (including phenoxy) is 9. The summed E-state index contributed by atoms with van der Waals surface area (Å²) in [4.78, 5) is 206. The molecule has 15 N–H and O–H groups in total. The van der Waals surface area contributed by atoms with Gasteiger partial charge in [-0.05, 0) is 158 Å². The lowest BCUT2D eigenvalue weighted by molar-refractivity contribution is -0.156. The number of carbonyl (C=O) groups excluding carboxylic acids is 15. The van der Waals surface area contributed by atoms with Gasteiger partial charge in [-0.2, -0.15) is 0 Å². The zero-order valence-electron chi connectivity index (χ0n) is 71.3. The Morgan fingerprint density at radius 3 is 1.38 bits per heavy atom. The van der Waals surface area contributed by atoms with E-state index < -0.39 is 167 Å².